The number of amides is 1. The summed E-state index contributed by atoms with van der Waals surface area (Å²) >= 11 is 0. The summed E-state index contributed by atoms with van der Waals surface area (Å²) in [5.74, 6) is -1.27. The van der Waals surface area contributed by atoms with Crippen LogP contribution in [0.15, 0.2) is 12.1 Å². The van der Waals surface area contributed by atoms with Gasteiger partial charge in [-0.15, -0.1) is 0 Å². The van der Waals surface area contributed by atoms with E-state index in [-0.39, 0.29) is 24.6 Å². The number of alkyl halides is 2. The van der Waals surface area contributed by atoms with Gasteiger partial charge in [-0.3, -0.25) is 9.59 Å². The van der Waals surface area contributed by atoms with Crippen LogP contribution < -0.4 is 10.1 Å². The molecule has 1 rings (SSSR count). The zero-order chi connectivity index (χ0) is 17.8. The number of aliphatic carboxylic acids is 1. The second-order valence-corrected chi connectivity index (χ2v) is 6.01. The van der Waals surface area contributed by atoms with E-state index in [1.807, 2.05) is 0 Å². The van der Waals surface area contributed by atoms with E-state index in [0.717, 1.165) is 0 Å². The standard InChI is InChI=1S/C16H21F2NO4/c1-9-7-11(8-10(2)12(9)23-15(17)18)13(20)19-6-5-16(3,4)14(21)22/h7-8,15H,5-6H2,1-4H3,(H,19,20)(H,21,22). The molecule has 0 aliphatic carbocycles. The van der Waals surface area contributed by atoms with Gasteiger partial charge in [0.25, 0.3) is 5.91 Å². The lowest BCUT2D eigenvalue weighted by molar-refractivity contribution is -0.147. The van der Waals surface area contributed by atoms with Crippen LogP contribution in [-0.4, -0.2) is 30.1 Å². The number of carbonyl (C=O) groups excluding carboxylic acids is 1. The molecule has 0 spiro atoms. The van der Waals surface area contributed by atoms with E-state index in [4.69, 9.17) is 5.11 Å². The highest BCUT2D eigenvalue weighted by Crippen LogP contribution is 2.26. The van der Waals surface area contributed by atoms with Crippen molar-refractivity contribution in [3.05, 3.63) is 28.8 Å². The number of halogens is 2. The highest BCUT2D eigenvalue weighted by molar-refractivity contribution is 5.94. The van der Waals surface area contributed by atoms with Gasteiger partial charge >= 0.3 is 12.6 Å². The number of hydrogen-bond acceptors (Lipinski definition) is 3. The lowest BCUT2D eigenvalue weighted by Gasteiger charge is -2.19. The molecule has 7 heteroatoms. The molecular weight excluding hydrogens is 308 g/mol. The molecular formula is C16H21F2NO4. The molecule has 1 amide bonds. The molecule has 0 aliphatic rings. The lowest BCUT2D eigenvalue weighted by Crippen LogP contribution is -2.32. The van der Waals surface area contributed by atoms with Crippen molar-refractivity contribution in [3.63, 3.8) is 0 Å². The Balaban J connectivity index is 2.76. The fourth-order valence-electron chi connectivity index (χ4n) is 2.05. The van der Waals surface area contributed by atoms with Crippen LogP contribution in [0.5, 0.6) is 5.75 Å². The third-order valence-electron chi connectivity index (χ3n) is 3.54. The van der Waals surface area contributed by atoms with Crippen molar-refractivity contribution in [2.45, 2.75) is 40.7 Å². The number of nitrogens with one attached hydrogen (secondary N) is 1. The second-order valence-electron chi connectivity index (χ2n) is 6.01. The zero-order valence-corrected chi connectivity index (χ0v) is 13.6. The molecule has 1 aromatic rings. The SMILES string of the molecule is Cc1cc(C(=O)NCCC(C)(C)C(=O)O)cc(C)c1OC(F)F. The maximum Gasteiger partial charge on any atom is 0.387 e. The first kappa shape index (κ1) is 18.9. The molecule has 0 aromatic heterocycles. The van der Waals surface area contributed by atoms with E-state index < -0.39 is 18.0 Å². The fourth-order valence-corrected chi connectivity index (χ4v) is 2.05. The number of benzene rings is 1. The molecule has 0 atom stereocenters. The van der Waals surface area contributed by atoms with Crippen LogP contribution in [0.2, 0.25) is 0 Å². The van der Waals surface area contributed by atoms with Gasteiger partial charge < -0.3 is 15.2 Å². The molecule has 0 unspecified atom stereocenters. The maximum atomic E-state index is 12.3. The number of hydrogen-bond donors (Lipinski definition) is 2. The monoisotopic (exact) mass is 329 g/mol. The van der Waals surface area contributed by atoms with Gasteiger partial charge in [0.1, 0.15) is 5.75 Å². The van der Waals surface area contributed by atoms with Gasteiger partial charge in [-0.1, -0.05) is 0 Å². The van der Waals surface area contributed by atoms with Crippen LogP contribution in [0.25, 0.3) is 0 Å². The number of aryl methyl sites for hydroxylation is 2. The molecule has 1 aromatic carbocycles. The Morgan fingerprint density at radius 2 is 1.78 bits per heavy atom. The largest absolute Gasteiger partial charge is 0.481 e. The predicted molar refractivity (Wildman–Crippen MR) is 80.9 cm³/mol. The molecule has 2 N–H and O–H groups in total. The van der Waals surface area contributed by atoms with Crippen LogP contribution in [0.3, 0.4) is 0 Å². The zero-order valence-electron chi connectivity index (χ0n) is 13.6. The summed E-state index contributed by atoms with van der Waals surface area (Å²) in [6.45, 7) is 3.58. The van der Waals surface area contributed by atoms with E-state index in [2.05, 4.69) is 10.1 Å². The third-order valence-corrected chi connectivity index (χ3v) is 3.54. The van der Waals surface area contributed by atoms with Gasteiger partial charge in [0.05, 0.1) is 5.41 Å². The number of rotatable bonds is 7. The topological polar surface area (TPSA) is 75.6 Å². The van der Waals surface area contributed by atoms with Gasteiger partial charge in [0, 0.05) is 12.1 Å². The van der Waals surface area contributed by atoms with Gasteiger partial charge in [-0.05, 0) is 57.4 Å². The molecule has 0 saturated carbocycles. The minimum absolute atomic E-state index is 0.0589. The fraction of sp³-hybridized carbons (Fsp3) is 0.500. The molecule has 128 valence electrons. The van der Waals surface area contributed by atoms with Crippen molar-refractivity contribution in [2.24, 2.45) is 5.41 Å². The Morgan fingerprint density at radius 3 is 2.22 bits per heavy atom. The molecule has 5 nitrogen and oxygen atoms in total. The third kappa shape index (κ3) is 5.19. The average molecular weight is 329 g/mol. The normalized spacial score (nSPS) is 11.4. The highest BCUT2D eigenvalue weighted by atomic mass is 19.3. The van der Waals surface area contributed by atoms with Gasteiger partial charge in [-0.25, -0.2) is 0 Å². The molecule has 23 heavy (non-hydrogen) atoms. The van der Waals surface area contributed by atoms with Crippen molar-refractivity contribution >= 4 is 11.9 Å². The minimum Gasteiger partial charge on any atom is -0.481 e. The van der Waals surface area contributed by atoms with Crippen LogP contribution in [0.1, 0.15) is 41.8 Å². The van der Waals surface area contributed by atoms with Crippen molar-refractivity contribution < 1.29 is 28.2 Å². The first-order valence-electron chi connectivity index (χ1n) is 7.12. The summed E-state index contributed by atoms with van der Waals surface area (Å²) in [7, 11) is 0. The van der Waals surface area contributed by atoms with E-state index in [1.54, 1.807) is 27.7 Å². The Kier molecular flexibility index (Phi) is 6.06. The molecule has 0 heterocycles. The van der Waals surface area contributed by atoms with Crippen LogP contribution >= 0.6 is 0 Å². The summed E-state index contributed by atoms with van der Waals surface area (Å²) in [4.78, 5) is 23.1. The summed E-state index contributed by atoms with van der Waals surface area (Å²) < 4.78 is 29.1. The summed E-state index contributed by atoms with van der Waals surface area (Å²) in [6, 6.07) is 2.92. The Labute approximate surface area is 133 Å². The minimum atomic E-state index is -2.93. The predicted octanol–water partition coefficient (Wildman–Crippen LogP) is 3.14. The Morgan fingerprint density at radius 1 is 1.26 bits per heavy atom. The number of carbonyl (C=O) groups is 2. The molecule has 0 fully saturated rings. The van der Waals surface area contributed by atoms with Crippen molar-refractivity contribution in [2.75, 3.05) is 6.54 Å². The first-order chi connectivity index (χ1) is 10.5. The van der Waals surface area contributed by atoms with Crippen LogP contribution in [0.4, 0.5) is 8.78 Å². The van der Waals surface area contributed by atoms with E-state index in [9.17, 15) is 18.4 Å². The average Bonchev–Trinajstić information content (AvgIpc) is 2.41. The lowest BCUT2D eigenvalue weighted by atomic mass is 9.89. The Hall–Kier alpha value is -2.18. The van der Waals surface area contributed by atoms with Crippen molar-refractivity contribution in [3.8, 4) is 5.75 Å². The first-order valence-corrected chi connectivity index (χ1v) is 7.12. The molecule has 0 aliphatic heterocycles. The second kappa shape index (κ2) is 7.39. The Bertz CT molecular complexity index is 577. The van der Waals surface area contributed by atoms with Crippen LogP contribution in [0, 0.1) is 19.3 Å². The maximum absolute atomic E-state index is 12.3. The van der Waals surface area contributed by atoms with Gasteiger partial charge in [-0.2, -0.15) is 8.78 Å². The van der Waals surface area contributed by atoms with E-state index in [1.165, 1.54) is 12.1 Å². The summed E-state index contributed by atoms with van der Waals surface area (Å²) in [6.07, 6.45) is 0.276. The number of ether oxygens (including phenoxy) is 1. The van der Waals surface area contributed by atoms with Gasteiger partial charge in [0.2, 0.25) is 0 Å². The van der Waals surface area contributed by atoms with Crippen LogP contribution in [-0.2, 0) is 4.79 Å². The van der Waals surface area contributed by atoms with Gasteiger partial charge in [0.15, 0.2) is 0 Å². The quantitative estimate of drug-likeness (QED) is 0.806. The van der Waals surface area contributed by atoms with Crippen molar-refractivity contribution in [1.29, 1.82) is 0 Å². The number of carboxylic acids is 1. The summed E-state index contributed by atoms with van der Waals surface area (Å²) in [5, 5.41) is 11.6. The number of carboxylic acid groups (broad SMARTS) is 1. The van der Waals surface area contributed by atoms with E-state index in [0.29, 0.717) is 16.7 Å². The molecule has 0 radical (unpaired) electrons. The summed E-state index contributed by atoms with van der Waals surface area (Å²) in [5.41, 5.74) is 0.242. The highest BCUT2D eigenvalue weighted by Gasteiger charge is 2.26. The molecule has 0 saturated heterocycles. The van der Waals surface area contributed by atoms with E-state index >= 15 is 0 Å². The smallest absolute Gasteiger partial charge is 0.387 e. The van der Waals surface area contributed by atoms with Crippen molar-refractivity contribution in [1.82, 2.24) is 5.32 Å². The molecule has 0 bridgehead atoms.